The number of ether oxygens (including phenoxy) is 1. The molecule has 3 aromatic carbocycles. The van der Waals surface area contributed by atoms with Gasteiger partial charge in [0.15, 0.2) is 0 Å². The van der Waals surface area contributed by atoms with Gasteiger partial charge in [-0.05, 0) is 70.0 Å². The van der Waals surface area contributed by atoms with Gasteiger partial charge in [-0.3, -0.25) is 9.59 Å². The molecule has 0 bridgehead atoms. The zero-order chi connectivity index (χ0) is 28.0. The van der Waals surface area contributed by atoms with Crippen LogP contribution in [0.25, 0.3) is 10.8 Å². The highest BCUT2D eigenvalue weighted by Gasteiger charge is 2.38. The third kappa shape index (κ3) is 7.03. The molecule has 3 atom stereocenters. The molecule has 0 fully saturated rings. The first-order chi connectivity index (χ1) is 17.9. The molecule has 3 rings (SSSR count). The van der Waals surface area contributed by atoms with E-state index in [-0.39, 0.29) is 11.3 Å². The zero-order valence-corrected chi connectivity index (χ0v) is 22.8. The van der Waals surface area contributed by atoms with Gasteiger partial charge in [0.05, 0.1) is 0 Å². The van der Waals surface area contributed by atoms with Gasteiger partial charge < -0.3 is 25.4 Å². The summed E-state index contributed by atoms with van der Waals surface area (Å²) in [6.45, 7) is 10.5. The summed E-state index contributed by atoms with van der Waals surface area (Å²) in [5, 5.41) is 18.2. The highest BCUT2D eigenvalue weighted by Crippen LogP contribution is 2.33. The van der Waals surface area contributed by atoms with E-state index in [0.29, 0.717) is 12.1 Å². The Morgan fingerprint density at radius 3 is 2.21 bits per heavy atom. The number of alkyl carbamates (subject to hydrolysis) is 1. The number of phenolic OH excluding ortho intramolecular Hbond substituents is 1. The predicted octanol–water partition coefficient (Wildman–Crippen LogP) is 5.77. The number of hydrogen-bond donors (Lipinski definition) is 3. The van der Waals surface area contributed by atoms with Gasteiger partial charge in [0.25, 0.3) is 5.91 Å². The van der Waals surface area contributed by atoms with Crippen molar-refractivity contribution >= 4 is 34.4 Å². The average Bonchev–Trinajstić information content (AvgIpc) is 2.85. The Bertz CT molecular complexity index is 1300. The van der Waals surface area contributed by atoms with Crippen molar-refractivity contribution in [2.75, 3.05) is 5.32 Å². The monoisotopic (exact) mass is 519 g/mol. The zero-order valence-electron chi connectivity index (χ0n) is 22.8. The summed E-state index contributed by atoms with van der Waals surface area (Å²) >= 11 is 0. The molecule has 3 unspecified atom stereocenters. The first-order valence-electron chi connectivity index (χ1n) is 12.8. The number of phenols is 1. The van der Waals surface area contributed by atoms with Crippen LogP contribution in [0.3, 0.4) is 0 Å². The van der Waals surface area contributed by atoms with Crippen LogP contribution in [0.2, 0.25) is 0 Å². The highest BCUT2D eigenvalue weighted by atomic mass is 16.6. The van der Waals surface area contributed by atoms with Crippen LogP contribution in [0.15, 0.2) is 66.7 Å². The Kier molecular flexibility index (Phi) is 8.99. The Labute approximate surface area is 224 Å². The van der Waals surface area contributed by atoms with Crippen molar-refractivity contribution in [2.24, 2.45) is 0 Å². The summed E-state index contributed by atoms with van der Waals surface area (Å²) in [5.41, 5.74) is 0.107. The largest absolute Gasteiger partial charge is 0.508 e. The molecule has 0 aliphatic heterocycles. The molecule has 3 N–H and O–H groups in total. The minimum absolute atomic E-state index is 0.111. The Morgan fingerprint density at radius 1 is 0.947 bits per heavy atom. The molecule has 0 spiro atoms. The van der Waals surface area contributed by atoms with Crippen molar-refractivity contribution in [3.63, 3.8) is 0 Å². The quantitative estimate of drug-likeness (QED) is 0.350. The van der Waals surface area contributed by atoms with E-state index < -0.39 is 41.6 Å². The SMILES string of the molecule is CCC(C)N(C(=O)C(C)NC(=O)OC(C)(C)C)C(C(=O)Nc1ccc2ccccc2c1)c1ccccc1O. The minimum atomic E-state index is -1.16. The standard InChI is InChI=1S/C30H37N3O5/c1-7-19(2)33(28(36)20(3)31-29(37)38-30(4,5)6)26(24-14-10-11-15-25(24)34)27(35)32-23-17-16-21-12-8-9-13-22(21)18-23/h8-20,26,34H,7H2,1-6H3,(H,31,37)(H,32,35). The van der Waals surface area contributed by atoms with Gasteiger partial charge in [0.2, 0.25) is 5.91 Å². The maximum atomic E-state index is 13.9. The molecule has 0 aliphatic carbocycles. The third-order valence-corrected chi connectivity index (χ3v) is 6.20. The minimum Gasteiger partial charge on any atom is -0.508 e. The molecule has 0 saturated carbocycles. The molecular formula is C30H37N3O5. The summed E-state index contributed by atoms with van der Waals surface area (Å²) in [4.78, 5) is 41.5. The number of anilines is 1. The summed E-state index contributed by atoms with van der Waals surface area (Å²) < 4.78 is 5.31. The van der Waals surface area contributed by atoms with Gasteiger partial charge in [0.1, 0.15) is 23.4 Å². The molecular weight excluding hydrogens is 482 g/mol. The summed E-state index contributed by atoms with van der Waals surface area (Å²) in [5.74, 6) is -1.08. The maximum Gasteiger partial charge on any atom is 0.408 e. The van der Waals surface area contributed by atoms with E-state index >= 15 is 0 Å². The van der Waals surface area contributed by atoms with Crippen molar-refractivity contribution in [1.29, 1.82) is 0 Å². The van der Waals surface area contributed by atoms with Crippen LogP contribution in [0, 0.1) is 0 Å². The molecule has 0 radical (unpaired) electrons. The van der Waals surface area contributed by atoms with Crippen molar-refractivity contribution in [3.05, 3.63) is 72.3 Å². The van der Waals surface area contributed by atoms with Crippen molar-refractivity contribution in [2.45, 2.75) is 71.7 Å². The fourth-order valence-corrected chi connectivity index (χ4v) is 4.18. The number of amides is 3. The number of aromatic hydroxyl groups is 1. The summed E-state index contributed by atoms with van der Waals surface area (Å²) in [7, 11) is 0. The number of hydrogen-bond acceptors (Lipinski definition) is 5. The molecule has 0 aliphatic rings. The van der Waals surface area contributed by atoms with E-state index in [9.17, 15) is 19.5 Å². The van der Waals surface area contributed by atoms with Crippen LogP contribution in [0.4, 0.5) is 10.5 Å². The number of nitrogens with zero attached hydrogens (tertiary/aromatic N) is 1. The van der Waals surface area contributed by atoms with Crippen LogP contribution in [0.1, 0.15) is 59.6 Å². The number of fused-ring (bicyclic) bond motifs is 1. The lowest BCUT2D eigenvalue weighted by Gasteiger charge is -2.37. The molecule has 38 heavy (non-hydrogen) atoms. The van der Waals surface area contributed by atoms with Crippen LogP contribution >= 0.6 is 0 Å². The second-order valence-electron chi connectivity index (χ2n) is 10.4. The van der Waals surface area contributed by atoms with E-state index in [2.05, 4.69) is 10.6 Å². The summed E-state index contributed by atoms with van der Waals surface area (Å²) in [6.07, 6.45) is -0.194. The maximum absolute atomic E-state index is 13.9. The van der Waals surface area contributed by atoms with Gasteiger partial charge in [0, 0.05) is 17.3 Å². The van der Waals surface area contributed by atoms with Gasteiger partial charge in [-0.15, -0.1) is 0 Å². The average molecular weight is 520 g/mol. The lowest BCUT2D eigenvalue weighted by atomic mass is 9.99. The van der Waals surface area contributed by atoms with Gasteiger partial charge in [-0.2, -0.15) is 0 Å². The molecule has 8 heteroatoms. The lowest BCUT2D eigenvalue weighted by Crippen LogP contribution is -2.53. The number of rotatable bonds is 8. The molecule has 0 saturated heterocycles. The van der Waals surface area contributed by atoms with Crippen LogP contribution in [0.5, 0.6) is 5.75 Å². The number of nitrogens with one attached hydrogen (secondary N) is 2. The molecule has 8 nitrogen and oxygen atoms in total. The fraction of sp³-hybridized carbons (Fsp3) is 0.367. The molecule has 3 aromatic rings. The van der Waals surface area contributed by atoms with Crippen molar-refractivity contribution in [1.82, 2.24) is 10.2 Å². The van der Waals surface area contributed by atoms with Crippen LogP contribution in [-0.2, 0) is 14.3 Å². The lowest BCUT2D eigenvalue weighted by molar-refractivity contribution is -0.143. The third-order valence-electron chi connectivity index (χ3n) is 6.20. The van der Waals surface area contributed by atoms with Crippen LogP contribution in [-0.4, -0.2) is 45.6 Å². The van der Waals surface area contributed by atoms with E-state index in [1.54, 1.807) is 52.0 Å². The Morgan fingerprint density at radius 2 is 1.58 bits per heavy atom. The number of para-hydroxylation sites is 1. The smallest absolute Gasteiger partial charge is 0.408 e. The number of benzene rings is 3. The van der Waals surface area contributed by atoms with Crippen molar-refractivity contribution < 1.29 is 24.2 Å². The molecule has 3 amide bonds. The number of carbonyl (C=O) groups excluding carboxylic acids is 3. The Balaban J connectivity index is 1.99. The highest BCUT2D eigenvalue weighted by molar-refractivity contribution is 6.00. The van der Waals surface area contributed by atoms with E-state index in [4.69, 9.17) is 4.74 Å². The fourth-order valence-electron chi connectivity index (χ4n) is 4.18. The second-order valence-corrected chi connectivity index (χ2v) is 10.4. The van der Waals surface area contributed by atoms with E-state index in [1.165, 1.54) is 11.0 Å². The Hall–Kier alpha value is -4.07. The topological polar surface area (TPSA) is 108 Å². The van der Waals surface area contributed by atoms with E-state index in [1.807, 2.05) is 50.2 Å². The van der Waals surface area contributed by atoms with Crippen molar-refractivity contribution in [3.8, 4) is 5.75 Å². The molecule has 0 aromatic heterocycles. The predicted molar refractivity (Wildman–Crippen MR) is 149 cm³/mol. The van der Waals surface area contributed by atoms with Gasteiger partial charge in [-0.25, -0.2) is 4.79 Å². The molecule has 0 heterocycles. The normalized spacial score (nSPS) is 13.7. The second kappa shape index (κ2) is 12.0. The van der Waals surface area contributed by atoms with Crippen LogP contribution < -0.4 is 10.6 Å². The summed E-state index contributed by atoms with van der Waals surface area (Å²) in [6, 6.07) is 17.3. The first-order valence-corrected chi connectivity index (χ1v) is 12.8. The van der Waals surface area contributed by atoms with Gasteiger partial charge in [-0.1, -0.05) is 55.5 Å². The molecule has 202 valence electrons. The number of carbonyl (C=O) groups is 3. The van der Waals surface area contributed by atoms with E-state index in [0.717, 1.165) is 10.8 Å². The first kappa shape index (κ1) is 28.5. The van der Waals surface area contributed by atoms with Gasteiger partial charge >= 0.3 is 6.09 Å².